The van der Waals surface area contributed by atoms with E-state index in [0.29, 0.717) is 12.3 Å². The fraction of sp³-hybridized carbons (Fsp3) is 0.417. The maximum atomic E-state index is 11.1. The number of amides is 1. The van der Waals surface area contributed by atoms with Gasteiger partial charge in [-0.3, -0.25) is 4.79 Å². The van der Waals surface area contributed by atoms with Gasteiger partial charge in [-0.2, -0.15) is 0 Å². The molecule has 14 heavy (non-hydrogen) atoms. The molecular formula is C12H15NO. The van der Waals surface area contributed by atoms with Gasteiger partial charge in [0.05, 0.1) is 6.42 Å². The van der Waals surface area contributed by atoms with Crippen LogP contribution in [0.1, 0.15) is 37.3 Å². The molecule has 0 saturated carbocycles. The zero-order valence-corrected chi connectivity index (χ0v) is 8.63. The van der Waals surface area contributed by atoms with E-state index in [1.54, 1.807) is 0 Å². The van der Waals surface area contributed by atoms with Gasteiger partial charge in [0.15, 0.2) is 0 Å². The molecule has 0 aromatic heterocycles. The van der Waals surface area contributed by atoms with Crippen LogP contribution in [-0.4, -0.2) is 5.91 Å². The number of hydrogen-bond donors (Lipinski definition) is 1. The smallest absolute Gasteiger partial charge is 0.228 e. The van der Waals surface area contributed by atoms with E-state index in [9.17, 15) is 4.79 Å². The number of nitrogens with one attached hydrogen (secondary N) is 1. The summed E-state index contributed by atoms with van der Waals surface area (Å²) in [4.78, 5) is 11.1. The van der Waals surface area contributed by atoms with Gasteiger partial charge < -0.3 is 5.32 Å². The summed E-state index contributed by atoms with van der Waals surface area (Å²) in [5.74, 6) is 0.680. The molecule has 74 valence electrons. The number of carbonyl (C=O) groups is 1. The molecule has 2 rings (SSSR count). The van der Waals surface area contributed by atoms with Crippen LogP contribution in [0.15, 0.2) is 18.2 Å². The van der Waals surface area contributed by atoms with E-state index in [0.717, 1.165) is 17.7 Å². The molecule has 1 aromatic rings. The maximum Gasteiger partial charge on any atom is 0.228 e. The monoisotopic (exact) mass is 189 g/mol. The molecule has 0 unspecified atom stereocenters. The minimum absolute atomic E-state index is 0.112. The first-order chi connectivity index (χ1) is 6.70. The summed E-state index contributed by atoms with van der Waals surface area (Å²) < 4.78 is 0. The molecule has 1 aliphatic rings. The predicted molar refractivity (Wildman–Crippen MR) is 57.5 cm³/mol. The number of hydrogen-bond acceptors (Lipinski definition) is 1. The molecule has 0 spiro atoms. The molecule has 0 fully saturated rings. The molecule has 1 N–H and O–H groups in total. The normalized spacial score (nSPS) is 16.3. The van der Waals surface area contributed by atoms with Crippen molar-refractivity contribution in [1.29, 1.82) is 0 Å². The molecule has 1 aliphatic heterocycles. The van der Waals surface area contributed by atoms with Gasteiger partial charge in [0, 0.05) is 5.69 Å². The number of fused-ring (bicyclic) bond motifs is 1. The second-order valence-electron chi connectivity index (χ2n) is 3.95. The van der Waals surface area contributed by atoms with E-state index < -0.39 is 0 Å². The van der Waals surface area contributed by atoms with Gasteiger partial charge in [0.25, 0.3) is 0 Å². The molecule has 1 amide bonds. The molecular weight excluding hydrogens is 174 g/mol. The summed E-state index contributed by atoms with van der Waals surface area (Å²) >= 11 is 0. The molecule has 1 atom stereocenters. The predicted octanol–water partition coefficient (Wildman–Crippen LogP) is 2.69. The second-order valence-corrected chi connectivity index (χ2v) is 3.95. The summed E-state index contributed by atoms with van der Waals surface area (Å²) in [6.45, 7) is 4.38. The first-order valence-electron chi connectivity index (χ1n) is 5.13. The van der Waals surface area contributed by atoms with E-state index in [1.807, 2.05) is 0 Å². The molecule has 2 nitrogen and oxygen atoms in total. The lowest BCUT2D eigenvalue weighted by Crippen LogP contribution is -2.03. The Morgan fingerprint density at radius 3 is 3.00 bits per heavy atom. The lowest BCUT2D eigenvalue weighted by atomic mass is 9.97. The standard InChI is InChI=1S/C12H15NO/c1-3-8(2)9-4-5-10-7-12(14)13-11(10)6-9/h4-6,8H,3,7H2,1-2H3,(H,13,14)/t8-/m1/s1. The van der Waals surface area contributed by atoms with Crippen molar-refractivity contribution in [2.45, 2.75) is 32.6 Å². The van der Waals surface area contributed by atoms with Crippen LogP contribution in [0.3, 0.4) is 0 Å². The molecule has 1 heterocycles. The van der Waals surface area contributed by atoms with Crippen molar-refractivity contribution in [3.63, 3.8) is 0 Å². The van der Waals surface area contributed by atoms with E-state index >= 15 is 0 Å². The third-order valence-corrected chi connectivity index (χ3v) is 2.94. The Morgan fingerprint density at radius 1 is 1.50 bits per heavy atom. The van der Waals surface area contributed by atoms with E-state index in [1.165, 1.54) is 5.56 Å². The minimum Gasteiger partial charge on any atom is -0.326 e. The number of benzene rings is 1. The van der Waals surface area contributed by atoms with Crippen molar-refractivity contribution in [3.05, 3.63) is 29.3 Å². The van der Waals surface area contributed by atoms with Gasteiger partial charge in [-0.05, 0) is 29.5 Å². The first-order valence-corrected chi connectivity index (χ1v) is 5.13. The molecule has 0 radical (unpaired) electrons. The van der Waals surface area contributed by atoms with Crippen LogP contribution in [0.5, 0.6) is 0 Å². The highest BCUT2D eigenvalue weighted by Crippen LogP contribution is 2.28. The maximum absolute atomic E-state index is 11.1. The second kappa shape index (κ2) is 3.45. The number of anilines is 1. The van der Waals surface area contributed by atoms with Crippen LogP contribution >= 0.6 is 0 Å². The average Bonchev–Trinajstić information content (AvgIpc) is 2.55. The van der Waals surface area contributed by atoms with Gasteiger partial charge in [-0.25, -0.2) is 0 Å². The minimum atomic E-state index is 0.112. The van der Waals surface area contributed by atoms with Crippen molar-refractivity contribution in [1.82, 2.24) is 0 Å². The van der Waals surface area contributed by atoms with Crippen LogP contribution in [0, 0.1) is 0 Å². The SMILES string of the molecule is CC[C@@H](C)c1ccc2c(c1)NC(=O)C2. The molecule has 1 aromatic carbocycles. The summed E-state index contributed by atoms with van der Waals surface area (Å²) in [5, 5.41) is 2.88. The Kier molecular flexibility index (Phi) is 2.28. The molecule has 0 aliphatic carbocycles. The van der Waals surface area contributed by atoms with Crippen molar-refractivity contribution in [3.8, 4) is 0 Å². The van der Waals surface area contributed by atoms with Gasteiger partial charge in [0.2, 0.25) is 5.91 Å². The van der Waals surface area contributed by atoms with E-state index in [-0.39, 0.29) is 5.91 Å². The zero-order chi connectivity index (χ0) is 10.1. The van der Waals surface area contributed by atoms with Crippen LogP contribution in [0.4, 0.5) is 5.69 Å². The van der Waals surface area contributed by atoms with Crippen molar-refractivity contribution in [2.24, 2.45) is 0 Å². The molecule has 0 saturated heterocycles. The Bertz CT molecular complexity index is 371. The summed E-state index contributed by atoms with van der Waals surface area (Å²) in [6.07, 6.45) is 1.67. The fourth-order valence-electron chi connectivity index (χ4n) is 1.77. The van der Waals surface area contributed by atoms with E-state index in [4.69, 9.17) is 0 Å². The Labute approximate surface area is 84.3 Å². The average molecular weight is 189 g/mol. The number of carbonyl (C=O) groups excluding carboxylic acids is 1. The van der Waals surface area contributed by atoms with Crippen LogP contribution < -0.4 is 5.32 Å². The third kappa shape index (κ3) is 1.52. The highest BCUT2D eigenvalue weighted by Gasteiger charge is 2.18. The highest BCUT2D eigenvalue weighted by molar-refractivity contribution is 5.99. The van der Waals surface area contributed by atoms with Crippen molar-refractivity contribution < 1.29 is 4.79 Å². The zero-order valence-electron chi connectivity index (χ0n) is 8.63. The summed E-state index contributed by atoms with van der Waals surface area (Å²) in [6, 6.07) is 6.30. The fourth-order valence-corrected chi connectivity index (χ4v) is 1.77. The van der Waals surface area contributed by atoms with Gasteiger partial charge in [-0.15, -0.1) is 0 Å². The quantitative estimate of drug-likeness (QED) is 0.761. The summed E-state index contributed by atoms with van der Waals surface area (Å²) in [5.41, 5.74) is 3.45. The molecule has 0 bridgehead atoms. The topological polar surface area (TPSA) is 29.1 Å². The third-order valence-electron chi connectivity index (χ3n) is 2.94. The summed E-state index contributed by atoms with van der Waals surface area (Å²) in [7, 11) is 0. The van der Waals surface area contributed by atoms with Gasteiger partial charge in [0.1, 0.15) is 0 Å². The van der Waals surface area contributed by atoms with Gasteiger partial charge >= 0.3 is 0 Å². The molecule has 2 heteroatoms. The van der Waals surface area contributed by atoms with Crippen LogP contribution in [0.2, 0.25) is 0 Å². The van der Waals surface area contributed by atoms with E-state index in [2.05, 4.69) is 37.4 Å². The lowest BCUT2D eigenvalue weighted by Gasteiger charge is -2.10. The lowest BCUT2D eigenvalue weighted by molar-refractivity contribution is -0.115. The van der Waals surface area contributed by atoms with Crippen LogP contribution in [0.25, 0.3) is 0 Å². The van der Waals surface area contributed by atoms with Crippen molar-refractivity contribution in [2.75, 3.05) is 5.32 Å². The van der Waals surface area contributed by atoms with Crippen LogP contribution in [-0.2, 0) is 11.2 Å². The largest absolute Gasteiger partial charge is 0.326 e. The highest BCUT2D eigenvalue weighted by atomic mass is 16.1. The van der Waals surface area contributed by atoms with Gasteiger partial charge in [-0.1, -0.05) is 26.0 Å². The Hall–Kier alpha value is -1.31. The van der Waals surface area contributed by atoms with Crippen molar-refractivity contribution >= 4 is 11.6 Å². The number of rotatable bonds is 2. The Morgan fingerprint density at radius 2 is 2.29 bits per heavy atom. The Balaban J connectivity index is 2.32. The first kappa shape index (κ1) is 9.25.